The Morgan fingerprint density at radius 3 is 2.42 bits per heavy atom. The first-order valence-corrected chi connectivity index (χ1v) is 10.2. The van der Waals surface area contributed by atoms with Crippen LogP contribution in [0.5, 0.6) is 0 Å². The summed E-state index contributed by atoms with van der Waals surface area (Å²) in [7, 11) is -1.62. The highest BCUT2D eigenvalue weighted by atomic mass is 28.4. The molecule has 2 atom stereocenters. The van der Waals surface area contributed by atoms with Gasteiger partial charge in [0, 0.05) is 0 Å². The molecule has 1 aliphatic heterocycles. The van der Waals surface area contributed by atoms with E-state index < -0.39 is 20.0 Å². The van der Waals surface area contributed by atoms with Crippen molar-refractivity contribution in [1.82, 2.24) is 4.90 Å². The third kappa shape index (κ3) is 5.93. The number of ether oxygens (including phenoxy) is 1. The molecule has 19 heavy (non-hydrogen) atoms. The van der Waals surface area contributed by atoms with Crippen LogP contribution in [0.25, 0.3) is 0 Å². The van der Waals surface area contributed by atoms with Gasteiger partial charge in [-0.15, -0.1) is 0 Å². The van der Waals surface area contributed by atoms with Gasteiger partial charge in [0.2, 0.25) is 0 Å². The average Bonchev–Trinajstić information content (AvgIpc) is 2.53. The number of hydrogen-bond donors (Lipinski definition) is 1. The van der Waals surface area contributed by atoms with Gasteiger partial charge in [0.1, 0.15) is 5.60 Å². The van der Waals surface area contributed by atoms with Crippen LogP contribution in [0, 0.1) is 0 Å². The lowest BCUT2D eigenvalue weighted by Gasteiger charge is -2.29. The molecule has 0 aromatic rings. The third-order valence-corrected chi connectivity index (χ3v) is 3.76. The van der Waals surface area contributed by atoms with E-state index in [4.69, 9.17) is 9.16 Å². The van der Waals surface area contributed by atoms with E-state index in [0.717, 1.165) is 0 Å². The fourth-order valence-corrected chi connectivity index (χ4v) is 2.63. The molecule has 0 aromatic heterocycles. The van der Waals surface area contributed by atoms with E-state index in [0.29, 0.717) is 19.6 Å². The Labute approximate surface area is 117 Å². The van der Waals surface area contributed by atoms with Gasteiger partial charge in [-0.2, -0.15) is 0 Å². The van der Waals surface area contributed by atoms with Gasteiger partial charge in [-0.25, -0.2) is 4.79 Å². The van der Waals surface area contributed by atoms with Crippen LogP contribution in [-0.2, 0) is 9.16 Å². The number of carbonyl (C=O) groups excluding carboxylic acids is 1. The molecule has 0 radical (unpaired) electrons. The highest BCUT2D eigenvalue weighted by Gasteiger charge is 2.37. The van der Waals surface area contributed by atoms with Crippen LogP contribution < -0.4 is 0 Å². The number of aliphatic hydroxyl groups excluding tert-OH is 1. The quantitative estimate of drug-likeness (QED) is 0.809. The minimum atomic E-state index is -1.62. The molecule has 112 valence electrons. The molecule has 1 N–H and O–H groups in total. The zero-order chi connectivity index (χ0) is 14.8. The second-order valence-electron chi connectivity index (χ2n) is 7.10. The van der Waals surface area contributed by atoms with Crippen molar-refractivity contribution in [3.05, 3.63) is 0 Å². The first-order chi connectivity index (χ1) is 8.48. The Hall–Kier alpha value is -0.593. The van der Waals surface area contributed by atoms with Crippen LogP contribution in [0.2, 0.25) is 19.6 Å². The predicted octanol–water partition coefficient (Wildman–Crippen LogP) is 2.21. The Morgan fingerprint density at radius 1 is 1.37 bits per heavy atom. The maximum Gasteiger partial charge on any atom is 0.410 e. The number of β-amino-alcohol motifs (C(OH)–C–C–N with tert-alkyl or cyclic N) is 1. The lowest BCUT2D eigenvalue weighted by atomic mass is 10.2. The molecule has 0 aromatic carbocycles. The first-order valence-electron chi connectivity index (χ1n) is 6.79. The smallest absolute Gasteiger partial charge is 0.410 e. The number of rotatable bonds is 3. The Morgan fingerprint density at radius 2 is 1.95 bits per heavy atom. The molecular formula is C13H27NO4Si. The first kappa shape index (κ1) is 16.5. The lowest BCUT2D eigenvalue weighted by Crippen LogP contribution is -2.43. The van der Waals surface area contributed by atoms with Crippen molar-refractivity contribution in [2.24, 2.45) is 0 Å². The maximum atomic E-state index is 12.1. The van der Waals surface area contributed by atoms with Crippen molar-refractivity contribution >= 4 is 14.4 Å². The fraction of sp³-hybridized carbons (Fsp3) is 0.923. The number of amides is 1. The third-order valence-electron chi connectivity index (χ3n) is 2.73. The van der Waals surface area contributed by atoms with Crippen molar-refractivity contribution in [2.75, 3.05) is 13.2 Å². The summed E-state index contributed by atoms with van der Waals surface area (Å²) in [6.45, 7) is 12.6. The molecule has 1 fully saturated rings. The van der Waals surface area contributed by atoms with E-state index >= 15 is 0 Å². The van der Waals surface area contributed by atoms with Crippen molar-refractivity contribution in [2.45, 2.75) is 64.6 Å². The topological polar surface area (TPSA) is 59.0 Å². The normalized spacial score (nSPS) is 24.7. The molecule has 5 nitrogen and oxygen atoms in total. The zero-order valence-electron chi connectivity index (χ0n) is 12.9. The van der Waals surface area contributed by atoms with Gasteiger partial charge in [0.15, 0.2) is 8.32 Å². The van der Waals surface area contributed by atoms with Gasteiger partial charge in [0.25, 0.3) is 0 Å². The summed E-state index contributed by atoms with van der Waals surface area (Å²) in [6, 6.07) is -0.0865. The Kier molecular flexibility index (Phi) is 5.03. The van der Waals surface area contributed by atoms with Gasteiger partial charge >= 0.3 is 6.09 Å². The highest BCUT2D eigenvalue weighted by molar-refractivity contribution is 6.69. The SMILES string of the molecule is CC(C)(C)OC(=O)N1C[C@H](O)C[C@H]1CO[Si](C)(C)C. The molecule has 0 unspecified atom stereocenters. The number of likely N-dealkylation sites (tertiary alicyclic amines) is 1. The van der Waals surface area contributed by atoms with Gasteiger partial charge in [-0.1, -0.05) is 0 Å². The highest BCUT2D eigenvalue weighted by Crippen LogP contribution is 2.22. The number of hydrogen-bond acceptors (Lipinski definition) is 4. The monoisotopic (exact) mass is 289 g/mol. The van der Waals surface area contributed by atoms with Gasteiger partial charge in [-0.05, 0) is 46.8 Å². The van der Waals surface area contributed by atoms with Crippen molar-refractivity contribution in [1.29, 1.82) is 0 Å². The van der Waals surface area contributed by atoms with E-state index in [1.165, 1.54) is 0 Å². The molecule has 1 aliphatic rings. The van der Waals surface area contributed by atoms with Crippen LogP contribution >= 0.6 is 0 Å². The second kappa shape index (κ2) is 5.81. The molecule has 0 saturated carbocycles. The van der Waals surface area contributed by atoms with Crippen LogP contribution in [-0.4, -0.2) is 55.3 Å². The molecule has 6 heteroatoms. The molecule has 1 saturated heterocycles. The van der Waals surface area contributed by atoms with Crippen LogP contribution in [0.3, 0.4) is 0 Å². The summed E-state index contributed by atoms with van der Waals surface area (Å²) in [6.07, 6.45) is -0.292. The number of carbonyl (C=O) groups is 1. The zero-order valence-corrected chi connectivity index (χ0v) is 13.9. The van der Waals surface area contributed by atoms with Gasteiger partial charge in [-0.3, -0.25) is 0 Å². The summed E-state index contributed by atoms with van der Waals surface area (Å²) in [5.74, 6) is 0. The summed E-state index contributed by atoms with van der Waals surface area (Å²) in [4.78, 5) is 13.7. The molecule has 1 amide bonds. The Balaban J connectivity index is 2.61. The van der Waals surface area contributed by atoms with Crippen LogP contribution in [0.15, 0.2) is 0 Å². The van der Waals surface area contributed by atoms with Crippen molar-refractivity contribution in [3.63, 3.8) is 0 Å². The molecule has 1 heterocycles. The Bertz CT molecular complexity index is 322. The lowest BCUT2D eigenvalue weighted by molar-refractivity contribution is 0.0170. The number of nitrogens with zero attached hydrogens (tertiary/aromatic N) is 1. The van der Waals surface area contributed by atoms with Crippen molar-refractivity contribution in [3.8, 4) is 0 Å². The average molecular weight is 289 g/mol. The van der Waals surface area contributed by atoms with E-state index in [2.05, 4.69) is 19.6 Å². The minimum Gasteiger partial charge on any atom is -0.444 e. The summed E-state index contributed by atoms with van der Waals surface area (Å²) < 4.78 is 11.2. The van der Waals surface area contributed by atoms with Crippen LogP contribution in [0.4, 0.5) is 4.79 Å². The molecule has 0 bridgehead atoms. The van der Waals surface area contributed by atoms with Gasteiger partial charge in [0.05, 0.1) is 25.3 Å². The molecule has 0 spiro atoms. The largest absolute Gasteiger partial charge is 0.444 e. The fourth-order valence-electron chi connectivity index (χ4n) is 1.94. The summed E-state index contributed by atoms with van der Waals surface area (Å²) in [5, 5.41) is 9.75. The van der Waals surface area contributed by atoms with E-state index in [9.17, 15) is 9.90 Å². The van der Waals surface area contributed by atoms with E-state index in [1.807, 2.05) is 20.8 Å². The van der Waals surface area contributed by atoms with E-state index in [1.54, 1.807) is 4.90 Å². The second-order valence-corrected chi connectivity index (χ2v) is 11.6. The van der Waals surface area contributed by atoms with Crippen molar-refractivity contribution < 1.29 is 19.1 Å². The van der Waals surface area contributed by atoms with Crippen LogP contribution in [0.1, 0.15) is 27.2 Å². The molecule has 1 rings (SSSR count). The van der Waals surface area contributed by atoms with Gasteiger partial charge < -0.3 is 19.2 Å². The predicted molar refractivity (Wildman–Crippen MR) is 76.6 cm³/mol. The summed E-state index contributed by atoms with van der Waals surface area (Å²) in [5.41, 5.74) is -0.519. The maximum absolute atomic E-state index is 12.1. The van der Waals surface area contributed by atoms with E-state index in [-0.39, 0.29) is 12.1 Å². The molecule has 0 aliphatic carbocycles. The number of aliphatic hydroxyl groups is 1. The summed E-state index contributed by atoms with van der Waals surface area (Å²) >= 11 is 0. The minimum absolute atomic E-state index is 0.0865. The standard InChI is InChI=1S/C13H27NO4Si/c1-13(2,3)18-12(16)14-8-11(15)7-10(14)9-17-19(4,5)6/h10-11,15H,7-9H2,1-6H3/t10-,11+/m0/s1. The molecular weight excluding hydrogens is 262 g/mol.